The summed E-state index contributed by atoms with van der Waals surface area (Å²) in [6.45, 7) is 4.59. The van der Waals surface area contributed by atoms with Gasteiger partial charge in [-0.15, -0.1) is 0 Å². The molecule has 0 amide bonds. The second-order valence-corrected chi connectivity index (χ2v) is 4.48. The lowest BCUT2D eigenvalue weighted by molar-refractivity contribution is -0.391. The van der Waals surface area contributed by atoms with E-state index in [1.807, 2.05) is 0 Å². The zero-order chi connectivity index (χ0) is 12.6. The molecule has 1 aromatic carbocycles. The van der Waals surface area contributed by atoms with Crippen molar-refractivity contribution in [3.63, 3.8) is 0 Å². The summed E-state index contributed by atoms with van der Waals surface area (Å²) in [5.41, 5.74) is 0.982. The Balaban J connectivity index is 3.77. The third-order valence-electron chi connectivity index (χ3n) is 2.53. The molecule has 0 N–H and O–H groups in total. The normalized spacial score (nSPS) is 10.2. The summed E-state index contributed by atoms with van der Waals surface area (Å²) in [6.07, 6.45) is 0. The van der Waals surface area contributed by atoms with E-state index in [1.54, 1.807) is 22.6 Å². The summed E-state index contributed by atoms with van der Waals surface area (Å²) in [6, 6.07) is 0. The first-order valence-electron chi connectivity index (χ1n) is 4.37. The van der Waals surface area contributed by atoms with Crippen LogP contribution in [0.4, 0.5) is 11.4 Å². The maximum absolute atomic E-state index is 10.9. The Morgan fingerprint density at radius 3 is 1.62 bits per heavy atom. The number of rotatable bonds is 2. The summed E-state index contributed by atoms with van der Waals surface area (Å²) < 4.78 is 0.331. The van der Waals surface area contributed by atoms with E-state index in [2.05, 4.69) is 0 Å². The molecule has 16 heavy (non-hydrogen) atoms. The van der Waals surface area contributed by atoms with Crippen LogP contribution in [0.3, 0.4) is 0 Å². The Bertz CT molecular complexity index is 425. The van der Waals surface area contributed by atoms with Crippen LogP contribution in [0.25, 0.3) is 0 Å². The number of hydrogen-bond acceptors (Lipinski definition) is 4. The number of nitrogens with zero attached hydrogens (tertiary/aromatic N) is 2. The fourth-order valence-corrected chi connectivity index (χ4v) is 2.43. The van der Waals surface area contributed by atoms with Gasteiger partial charge in [0.05, 0.1) is 9.85 Å². The third kappa shape index (κ3) is 1.86. The van der Waals surface area contributed by atoms with Crippen molar-refractivity contribution in [1.82, 2.24) is 0 Å². The second-order valence-electron chi connectivity index (χ2n) is 3.40. The van der Waals surface area contributed by atoms with Gasteiger partial charge in [0.25, 0.3) is 11.4 Å². The lowest BCUT2D eigenvalue weighted by atomic mass is 10.0. The summed E-state index contributed by atoms with van der Waals surface area (Å²) in [5.74, 6) is 0. The van der Waals surface area contributed by atoms with Crippen LogP contribution < -0.4 is 0 Å². The number of nitro benzene ring substituents is 2. The first-order chi connectivity index (χ1) is 7.29. The van der Waals surface area contributed by atoms with Gasteiger partial charge in [0.1, 0.15) is 3.57 Å². The fourth-order valence-electron chi connectivity index (χ4n) is 1.57. The van der Waals surface area contributed by atoms with Gasteiger partial charge in [0.15, 0.2) is 0 Å². The number of halogens is 1. The Morgan fingerprint density at radius 1 is 0.875 bits per heavy atom. The zero-order valence-corrected chi connectivity index (χ0v) is 11.1. The maximum Gasteiger partial charge on any atom is 0.286 e. The molecule has 1 aromatic rings. The number of nitro groups is 2. The highest BCUT2D eigenvalue weighted by Crippen LogP contribution is 2.37. The Kier molecular flexibility index (Phi) is 3.46. The summed E-state index contributed by atoms with van der Waals surface area (Å²) in [7, 11) is 0. The van der Waals surface area contributed by atoms with Crippen molar-refractivity contribution in [2.24, 2.45) is 0 Å². The van der Waals surface area contributed by atoms with Crippen LogP contribution in [-0.4, -0.2) is 9.85 Å². The van der Waals surface area contributed by atoms with Gasteiger partial charge in [-0.3, -0.25) is 20.2 Å². The molecule has 0 aliphatic heterocycles. The van der Waals surface area contributed by atoms with Gasteiger partial charge in [0, 0.05) is 16.7 Å². The van der Waals surface area contributed by atoms with Gasteiger partial charge in [-0.25, -0.2) is 0 Å². The topological polar surface area (TPSA) is 86.3 Å². The minimum atomic E-state index is -0.499. The van der Waals surface area contributed by atoms with Crippen molar-refractivity contribution in [2.45, 2.75) is 20.8 Å². The van der Waals surface area contributed by atoms with E-state index in [1.165, 1.54) is 20.8 Å². The summed E-state index contributed by atoms with van der Waals surface area (Å²) in [5, 5.41) is 21.7. The molecule has 0 atom stereocenters. The van der Waals surface area contributed by atoms with E-state index in [-0.39, 0.29) is 11.4 Å². The standard InChI is InChI=1S/C9H9IN2O4/c1-4-5(2)9(12(15)16)7(10)6(3)8(4)11(13)14/h1-3H3. The van der Waals surface area contributed by atoms with Crippen LogP contribution in [0.5, 0.6) is 0 Å². The lowest BCUT2D eigenvalue weighted by Gasteiger charge is -2.08. The quantitative estimate of drug-likeness (QED) is 0.472. The van der Waals surface area contributed by atoms with Gasteiger partial charge < -0.3 is 0 Å². The first-order valence-corrected chi connectivity index (χ1v) is 5.45. The van der Waals surface area contributed by atoms with Crippen LogP contribution in [0.15, 0.2) is 0 Å². The summed E-state index contributed by atoms with van der Waals surface area (Å²) in [4.78, 5) is 20.7. The van der Waals surface area contributed by atoms with Crippen molar-refractivity contribution < 1.29 is 9.85 Å². The van der Waals surface area contributed by atoms with Gasteiger partial charge in [-0.1, -0.05) is 0 Å². The Labute approximate surface area is 105 Å². The lowest BCUT2D eigenvalue weighted by Crippen LogP contribution is -2.04. The largest absolute Gasteiger partial charge is 0.286 e. The smallest absolute Gasteiger partial charge is 0.258 e. The first kappa shape index (κ1) is 12.8. The average Bonchev–Trinajstić information content (AvgIpc) is 2.14. The van der Waals surface area contributed by atoms with Crippen LogP contribution in [0, 0.1) is 44.6 Å². The van der Waals surface area contributed by atoms with E-state index in [4.69, 9.17) is 0 Å². The molecule has 0 saturated carbocycles. The Hall–Kier alpha value is -1.25. The van der Waals surface area contributed by atoms with Crippen LogP contribution in [0.1, 0.15) is 16.7 Å². The molecule has 0 aliphatic carbocycles. The predicted octanol–water partition coefficient (Wildman–Crippen LogP) is 3.03. The molecular formula is C9H9IN2O4. The van der Waals surface area contributed by atoms with Crippen molar-refractivity contribution in [3.8, 4) is 0 Å². The molecule has 7 heteroatoms. The second kappa shape index (κ2) is 4.32. The molecule has 0 unspecified atom stereocenters. The molecule has 0 bridgehead atoms. The SMILES string of the molecule is Cc1c(C)c([N+](=O)[O-])c(I)c(C)c1[N+](=O)[O-]. The third-order valence-corrected chi connectivity index (χ3v) is 3.85. The molecule has 0 heterocycles. The molecule has 0 aliphatic rings. The predicted molar refractivity (Wildman–Crippen MR) is 66.7 cm³/mol. The van der Waals surface area contributed by atoms with E-state index in [0.29, 0.717) is 20.3 Å². The van der Waals surface area contributed by atoms with Crippen LogP contribution in [-0.2, 0) is 0 Å². The van der Waals surface area contributed by atoms with Gasteiger partial charge in [0.2, 0.25) is 0 Å². The van der Waals surface area contributed by atoms with Crippen molar-refractivity contribution in [1.29, 1.82) is 0 Å². The van der Waals surface area contributed by atoms with Gasteiger partial charge in [-0.05, 0) is 43.4 Å². The Morgan fingerprint density at radius 2 is 1.25 bits per heavy atom. The number of hydrogen-bond donors (Lipinski definition) is 0. The highest BCUT2D eigenvalue weighted by atomic mass is 127. The van der Waals surface area contributed by atoms with Gasteiger partial charge in [-0.2, -0.15) is 0 Å². The van der Waals surface area contributed by atoms with Crippen LogP contribution in [0.2, 0.25) is 0 Å². The average molecular weight is 336 g/mol. The van der Waals surface area contributed by atoms with Crippen molar-refractivity contribution in [2.75, 3.05) is 0 Å². The molecule has 0 aromatic heterocycles. The molecule has 86 valence electrons. The van der Waals surface area contributed by atoms with Crippen molar-refractivity contribution >= 4 is 34.0 Å². The minimum absolute atomic E-state index is 0.0347. The molecule has 0 spiro atoms. The summed E-state index contributed by atoms with van der Waals surface area (Å²) >= 11 is 1.78. The molecule has 1 rings (SSSR count). The van der Waals surface area contributed by atoms with E-state index < -0.39 is 9.85 Å². The highest BCUT2D eigenvalue weighted by molar-refractivity contribution is 14.1. The monoisotopic (exact) mass is 336 g/mol. The van der Waals surface area contributed by atoms with E-state index in [0.717, 1.165) is 0 Å². The molecular weight excluding hydrogens is 327 g/mol. The molecule has 6 nitrogen and oxygen atoms in total. The van der Waals surface area contributed by atoms with Gasteiger partial charge >= 0.3 is 0 Å². The number of benzene rings is 1. The van der Waals surface area contributed by atoms with E-state index in [9.17, 15) is 20.2 Å². The fraction of sp³-hybridized carbons (Fsp3) is 0.333. The van der Waals surface area contributed by atoms with Crippen LogP contribution >= 0.6 is 22.6 Å². The zero-order valence-electron chi connectivity index (χ0n) is 8.91. The highest BCUT2D eigenvalue weighted by Gasteiger charge is 2.28. The molecule has 0 fully saturated rings. The molecule has 0 saturated heterocycles. The van der Waals surface area contributed by atoms with Crippen molar-refractivity contribution in [3.05, 3.63) is 40.5 Å². The minimum Gasteiger partial charge on any atom is -0.258 e. The van der Waals surface area contributed by atoms with E-state index >= 15 is 0 Å². The maximum atomic E-state index is 10.9. The molecule has 0 radical (unpaired) electrons.